The van der Waals surface area contributed by atoms with Gasteiger partial charge in [0, 0.05) is 12.0 Å². The molecule has 7 nitrogen and oxygen atoms in total. The first-order valence-corrected chi connectivity index (χ1v) is 9.73. The Labute approximate surface area is 167 Å². The van der Waals surface area contributed by atoms with Crippen LogP contribution in [0.5, 0.6) is 0 Å². The van der Waals surface area contributed by atoms with Crippen LogP contribution in [0, 0.1) is 4.77 Å². The Morgan fingerprint density at radius 2 is 1.82 bits per heavy atom. The van der Waals surface area contributed by atoms with Crippen LogP contribution in [0.15, 0.2) is 48.5 Å². The van der Waals surface area contributed by atoms with E-state index in [4.69, 9.17) is 12.2 Å². The van der Waals surface area contributed by atoms with Crippen LogP contribution in [-0.2, 0) is 13.0 Å². The summed E-state index contributed by atoms with van der Waals surface area (Å²) in [6.45, 7) is 2.90. The largest absolute Gasteiger partial charge is 0.271 e. The van der Waals surface area contributed by atoms with Crippen LogP contribution in [0.25, 0.3) is 22.5 Å². The predicted molar refractivity (Wildman–Crippen MR) is 110 cm³/mol. The third-order valence-corrected chi connectivity index (χ3v) is 4.83. The standard InChI is InChI=1S/C20H21N7S/c1-2-3-8-18-21-20(28)24-27(18)13-14-9-11-15(12-10-14)16-6-4-5-7-17(16)19-22-25-26-23-19/h4-7,9-12H,2-3,8,13H2,1H3,(H,24,28)(H,22,23,25,26). The van der Waals surface area contributed by atoms with Crippen molar-refractivity contribution in [2.75, 3.05) is 0 Å². The van der Waals surface area contributed by atoms with Gasteiger partial charge in [0.25, 0.3) is 0 Å². The lowest BCUT2D eigenvalue weighted by atomic mass is 9.98. The van der Waals surface area contributed by atoms with Crippen LogP contribution in [0.1, 0.15) is 31.2 Å². The molecule has 0 saturated heterocycles. The molecule has 2 aromatic heterocycles. The molecule has 0 amide bonds. The molecule has 0 saturated carbocycles. The molecule has 4 rings (SSSR count). The fourth-order valence-electron chi connectivity index (χ4n) is 3.22. The van der Waals surface area contributed by atoms with Crippen molar-refractivity contribution in [2.45, 2.75) is 32.7 Å². The minimum atomic E-state index is 0.539. The van der Waals surface area contributed by atoms with Crippen LogP contribution >= 0.6 is 12.2 Å². The summed E-state index contributed by atoms with van der Waals surface area (Å²) in [6.07, 6.45) is 3.17. The first-order chi connectivity index (χ1) is 13.7. The van der Waals surface area contributed by atoms with E-state index < -0.39 is 0 Å². The van der Waals surface area contributed by atoms with E-state index in [9.17, 15) is 0 Å². The van der Waals surface area contributed by atoms with E-state index in [2.05, 4.69) is 68.0 Å². The Kier molecular flexibility index (Phi) is 5.38. The molecule has 0 radical (unpaired) electrons. The van der Waals surface area contributed by atoms with Crippen molar-refractivity contribution >= 4 is 12.2 Å². The van der Waals surface area contributed by atoms with Crippen molar-refractivity contribution in [2.24, 2.45) is 0 Å². The summed E-state index contributed by atoms with van der Waals surface area (Å²) in [5.74, 6) is 1.60. The molecule has 28 heavy (non-hydrogen) atoms. The molecule has 0 aliphatic heterocycles. The second kappa shape index (κ2) is 8.26. The van der Waals surface area contributed by atoms with Crippen LogP contribution in [-0.4, -0.2) is 35.4 Å². The van der Waals surface area contributed by atoms with Gasteiger partial charge in [0.05, 0.1) is 6.54 Å². The number of H-pyrrole nitrogens is 2. The summed E-state index contributed by atoms with van der Waals surface area (Å²) >= 11 is 5.22. The van der Waals surface area contributed by atoms with Crippen molar-refractivity contribution in [3.05, 3.63) is 64.7 Å². The van der Waals surface area contributed by atoms with E-state index in [-0.39, 0.29) is 0 Å². The number of rotatable bonds is 7. The second-order valence-corrected chi connectivity index (χ2v) is 7.00. The van der Waals surface area contributed by atoms with Gasteiger partial charge in [0.2, 0.25) is 10.6 Å². The average Bonchev–Trinajstić information content (AvgIpc) is 3.37. The molecule has 2 heterocycles. The molecule has 2 N–H and O–H groups in total. The number of aryl methyl sites for hydroxylation is 1. The molecule has 2 aromatic carbocycles. The SMILES string of the molecule is CCCCc1nc(=S)[nH]n1Cc1ccc(-c2ccccc2-c2nn[nH]n2)cc1. The molecule has 0 atom stereocenters. The minimum absolute atomic E-state index is 0.539. The van der Waals surface area contributed by atoms with Crippen molar-refractivity contribution < 1.29 is 0 Å². The third-order valence-electron chi connectivity index (χ3n) is 4.65. The van der Waals surface area contributed by atoms with Gasteiger partial charge in [-0.2, -0.15) is 5.21 Å². The maximum atomic E-state index is 5.22. The van der Waals surface area contributed by atoms with E-state index >= 15 is 0 Å². The van der Waals surface area contributed by atoms with E-state index in [1.54, 1.807) is 0 Å². The molecule has 4 aromatic rings. The molecule has 0 unspecified atom stereocenters. The fraction of sp³-hybridized carbons (Fsp3) is 0.250. The molecule has 0 bridgehead atoms. The summed E-state index contributed by atoms with van der Waals surface area (Å²) in [5, 5.41) is 17.6. The van der Waals surface area contributed by atoms with Crippen molar-refractivity contribution in [1.29, 1.82) is 0 Å². The Bertz CT molecular complexity index is 1090. The zero-order valence-corrected chi connectivity index (χ0v) is 16.4. The highest BCUT2D eigenvalue weighted by molar-refractivity contribution is 7.71. The molecular formula is C20H21N7S. The smallest absolute Gasteiger partial charge is 0.213 e. The summed E-state index contributed by atoms with van der Waals surface area (Å²) in [7, 11) is 0. The summed E-state index contributed by atoms with van der Waals surface area (Å²) in [6, 6.07) is 16.5. The van der Waals surface area contributed by atoms with Crippen LogP contribution in [0.4, 0.5) is 0 Å². The molecule has 0 fully saturated rings. The lowest BCUT2D eigenvalue weighted by Crippen LogP contribution is -2.07. The highest BCUT2D eigenvalue weighted by atomic mass is 32.1. The van der Waals surface area contributed by atoms with E-state index in [1.165, 1.54) is 5.56 Å². The van der Waals surface area contributed by atoms with Gasteiger partial charge in [-0.1, -0.05) is 61.9 Å². The van der Waals surface area contributed by atoms with E-state index in [0.29, 0.717) is 10.6 Å². The Balaban J connectivity index is 1.59. The van der Waals surface area contributed by atoms with Crippen molar-refractivity contribution in [3.8, 4) is 22.5 Å². The lowest BCUT2D eigenvalue weighted by molar-refractivity contribution is 0.617. The molecule has 0 spiro atoms. The summed E-state index contributed by atoms with van der Waals surface area (Å²) in [5.41, 5.74) is 4.31. The van der Waals surface area contributed by atoms with Gasteiger partial charge >= 0.3 is 0 Å². The summed E-state index contributed by atoms with van der Waals surface area (Å²) < 4.78 is 2.58. The maximum Gasteiger partial charge on any atom is 0.213 e. The van der Waals surface area contributed by atoms with Gasteiger partial charge in [0.1, 0.15) is 5.82 Å². The first-order valence-electron chi connectivity index (χ1n) is 9.32. The Hall–Kier alpha value is -3.13. The monoisotopic (exact) mass is 391 g/mol. The number of unbranched alkanes of at least 4 members (excludes halogenated alkanes) is 1. The van der Waals surface area contributed by atoms with Gasteiger partial charge in [-0.3, -0.25) is 9.78 Å². The highest BCUT2D eigenvalue weighted by Gasteiger charge is 2.11. The quantitative estimate of drug-likeness (QED) is 0.462. The average molecular weight is 392 g/mol. The van der Waals surface area contributed by atoms with Crippen LogP contribution in [0.2, 0.25) is 0 Å². The normalized spacial score (nSPS) is 11.0. The molecular weight excluding hydrogens is 370 g/mol. The van der Waals surface area contributed by atoms with Gasteiger partial charge in [0.15, 0.2) is 0 Å². The van der Waals surface area contributed by atoms with E-state index in [0.717, 1.165) is 48.3 Å². The zero-order valence-electron chi connectivity index (χ0n) is 15.6. The van der Waals surface area contributed by atoms with Gasteiger partial charge in [-0.05, 0) is 40.5 Å². The topological polar surface area (TPSA) is 88.1 Å². The van der Waals surface area contributed by atoms with Gasteiger partial charge in [-0.15, -0.1) is 10.2 Å². The molecule has 0 aliphatic rings. The molecule has 8 heteroatoms. The maximum absolute atomic E-state index is 5.22. The first kappa shape index (κ1) is 18.2. The molecule has 142 valence electrons. The number of nitrogens with one attached hydrogen (secondary N) is 2. The predicted octanol–water partition coefficient (Wildman–Crippen LogP) is 4.18. The van der Waals surface area contributed by atoms with Crippen LogP contribution in [0.3, 0.4) is 0 Å². The van der Waals surface area contributed by atoms with Gasteiger partial charge in [-0.25, -0.2) is 4.98 Å². The van der Waals surface area contributed by atoms with Crippen molar-refractivity contribution in [1.82, 2.24) is 35.4 Å². The zero-order chi connectivity index (χ0) is 19.3. The van der Waals surface area contributed by atoms with E-state index in [1.807, 2.05) is 22.9 Å². The number of tetrazole rings is 1. The minimum Gasteiger partial charge on any atom is -0.271 e. The number of hydrogen-bond acceptors (Lipinski definition) is 5. The van der Waals surface area contributed by atoms with Crippen LogP contribution < -0.4 is 0 Å². The number of aromatic nitrogens is 7. The fourth-order valence-corrected chi connectivity index (χ4v) is 3.43. The number of hydrogen-bond donors (Lipinski definition) is 2. The third kappa shape index (κ3) is 3.91. The second-order valence-electron chi connectivity index (χ2n) is 6.61. The Morgan fingerprint density at radius 1 is 1.04 bits per heavy atom. The number of nitrogens with zero attached hydrogens (tertiary/aromatic N) is 5. The van der Waals surface area contributed by atoms with Crippen molar-refractivity contribution in [3.63, 3.8) is 0 Å². The van der Waals surface area contributed by atoms with Gasteiger partial charge < -0.3 is 0 Å². The highest BCUT2D eigenvalue weighted by Crippen LogP contribution is 2.29. The number of aromatic amines is 2. The molecule has 0 aliphatic carbocycles. The summed E-state index contributed by atoms with van der Waals surface area (Å²) in [4.78, 5) is 4.45. The Morgan fingerprint density at radius 3 is 2.54 bits per heavy atom. The number of benzene rings is 2. The lowest BCUT2D eigenvalue weighted by Gasteiger charge is -2.10.